The molecule has 176 valence electrons. The van der Waals surface area contributed by atoms with Crippen LogP contribution in [0.3, 0.4) is 0 Å². The van der Waals surface area contributed by atoms with Crippen molar-refractivity contribution in [1.29, 1.82) is 0 Å². The third kappa shape index (κ3) is 7.16. The number of nitrogens with zero attached hydrogens (tertiary/aromatic N) is 3. The van der Waals surface area contributed by atoms with Crippen molar-refractivity contribution < 1.29 is 9.47 Å². The van der Waals surface area contributed by atoms with Gasteiger partial charge in [-0.2, -0.15) is 0 Å². The Morgan fingerprint density at radius 3 is 2.17 bits per heavy atom. The Kier molecular flexibility index (Phi) is 9.04. The summed E-state index contributed by atoms with van der Waals surface area (Å²) in [5, 5.41) is 0. The van der Waals surface area contributed by atoms with Crippen LogP contribution in [0.1, 0.15) is 80.1 Å². The monoisotopic (exact) mass is 423 g/mol. The van der Waals surface area contributed by atoms with Gasteiger partial charge in [-0.15, -0.1) is 0 Å². The summed E-state index contributed by atoms with van der Waals surface area (Å²) in [4.78, 5) is 7.96. The van der Waals surface area contributed by atoms with Gasteiger partial charge in [-0.25, -0.2) is 0 Å². The van der Waals surface area contributed by atoms with Crippen LogP contribution >= 0.6 is 0 Å². The smallest absolute Gasteiger partial charge is 0.0731 e. The first-order chi connectivity index (χ1) is 14.2. The Morgan fingerprint density at radius 2 is 1.50 bits per heavy atom. The fraction of sp³-hybridized carbons (Fsp3) is 1.00. The zero-order valence-electron chi connectivity index (χ0n) is 20.7. The maximum absolute atomic E-state index is 6.31. The van der Waals surface area contributed by atoms with Gasteiger partial charge in [-0.3, -0.25) is 9.80 Å². The molecule has 3 rings (SSSR count). The number of rotatable bonds is 7. The third-order valence-electron chi connectivity index (χ3n) is 7.61. The van der Waals surface area contributed by atoms with E-state index in [-0.39, 0.29) is 11.6 Å². The van der Waals surface area contributed by atoms with Crippen molar-refractivity contribution in [1.82, 2.24) is 14.7 Å². The van der Waals surface area contributed by atoms with Gasteiger partial charge in [0.2, 0.25) is 0 Å². The lowest BCUT2D eigenvalue weighted by atomic mass is 9.99. The van der Waals surface area contributed by atoms with Crippen LogP contribution in [0, 0.1) is 0 Å². The molecule has 5 unspecified atom stereocenters. The van der Waals surface area contributed by atoms with Crippen molar-refractivity contribution >= 4 is 0 Å². The van der Waals surface area contributed by atoms with Crippen LogP contribution < -0.4 is 0 Å². The van der Waals surface area contributed by atoms with E-state index in [9.17, 15) is 0 Å². The van der Waals surface area contributed by atoms with E-state index in [0.29, 0.717) is 18.2 Å². The van der Waals surface area contributed by atoms with Crippen LogP contribution in [0.5, 0.6) is 0 Å². The van der Waals surface area contributed by atoms with Gasteiger partial charge >= 0.3 is 0 Å². The van der Waals surface area contributed by atoms with E-state index in [1.807, 2.05) is 0 Å². The molecule has 0 saturated carbocycles. The molecule has 0 aliphatic carbocycles. The minimum absolute atomic E-state index is 0.204. The summed E-state index contributed by atoms with van der Waals surface area (Å²) >= 11 is 0. The third-order valence-corrected chi connectivity index (χ3v) is 7.61. The second-order valence-electron chi connectivity index (χ2n) is 11.2. The maximum atomic E-state index is 6.31. The molecule has 0 aromatic rings. The molecule has 0 spiro atoms. The van der Waals surface area contributed by atoms with Gasteiger partial charge in [0.25, 0.3) is 0 Å². The van der Waals surface area contributed by atoms with E-state index in [0.717, 1.165) is 45.2 Å². The van der Waals surface area contributed by atoms with Crippen LogP contribution in [-0.4, -0.2) is 96.5 Å². The van der Waals surface area contributed by atoms with Crippen LogP contribution in [-0.2, 0) is 9.47 Å². The van der Waals surface area contributed by atoms with Crippen molar-refractivity contribution in [3.63, 3.8) is 0 Å². The SMILES string of the molecule is CC1CN(C(C)(C)C)CC(CC2CN(C(C)CCC(C)N3CCCCC3)CCO2)O1. The summed E-state index contributed by atoms with van der Waals surface area (Å²) in [7, 11) is 0. The summed E-state index contributed by atoms with van der Waals surface area (Å²) in [6.07, 6.45) is 8.71. The normalized spacial score (nSPS) is 32.8. The summed E-state index contributed by atoms with van der Waals surface area (Å²) < 4.78 is 12.5. The first-order valence-electron chi connectivity index (χ1n) is 12.7. The number of likely N-dealkylation sites (tertiary alicyclic amines) is 1. The molecule has 0 N–H and O–H groups in total. The Bertz CT molecular complexity index is 503. The van der Waals surface area contributed by atoms with Crippen molar-refractivity contribution in [2.24, 2.45) is 0 Å². The van der Waals surface area contributed by atoms with Gasteiger partial charge < -0.3 is 14.4 Å². The van der Waals surface area contributed by atoms with Crippen molar-refractivity contribution in [2.45, 2.75) is 116 Å². The Labute approximate surface area is 186 Å². The average molecular weight is 424 g/mol. The lowest BCUT2D eigenvalue weighted by Gasteiger charge is -2.45. The van der Waals surface area contributed by atoms with E-state index in [1.54, 1.807) is 0 Å². The number of hydrogen-bond acceptors (Lipinski definition) is 5. The Balaban J connectivity index is 1.44. The Morgan fingerprint density at radius 1 is 0.833 bits per heavy atom. The minimum Gasteiger partial charge on any atom is -0.375 e. The summed E-state index contributed by atoms with van der Waals surface area (Å²) in [6, 6.07) is 1.37. The van der Waals surface area contributed by atoms with Crippen LogP contribution in [0.15, 0.2) is 0 Å². The van der Waals surface area contributed by atoms with Crippen LogP contribution in [0.4, 0.5) is 0 Å². The minimum atomic E-state index is 0.204. The standard InChI is InChI=1S/C25H49N3O2/c1-20(26-12-8-7-9-13-26)10-11-21(2)27-14-15-29-23(18-27)16-24-19-28(25(4,5)6)17-22(3)30-24/h20-24H,7-19H2,1-6H3. The highest BCUT2D eigenvalue weighted by Gasteiger charge is 2.34. The van der Waals surface area contributed by atoms with Crippen LogP contribution in [0.2, 0.25) is 0 Å². The molecule has 3 heterocycles. The molecular weight excluding hydrogens is 374 g/mol. The van der Waals surface area contributed by atoms with E-state index >= 15 is 0 Å². The van der Waals surface area contributed by atoms with Crippen LogP contribution in [0.25, 0.3) is 0 Å². The number of piperidine rings is 1. The molecule has 0 aromatic heterocycles. The summed E-state index contributed by atoms with van der Waals surface area (Å²) in [5.74, 6) is 0. The summed E-state index contributed by atoms with van der Waals surface area (Å²) in [5.41, 5.74) is 0.204. The molecule has 0 bridgehead atoms. The van der Waals surface area contributed by atoms with Gasteiger partial charge in [0.15, 0.2) is 0 Å². The predicted octanol–water partition coefficient (Wildman–Crippen LogP) is 4.01. The molecule has 0 amide bonds. The quantitative estimate of drug-likeness (QED) is 0.617. The first kappa shape index (κ1) is 24.4. The maximum Gasteiger partial charge on any atom is 0.0731 e. The Hall–Kier alpha value is -0.200. The van der Waals surface area contributed by atoms with Gasteiger partial charge in [-0.1, -0.05) is 6.42 Å². The lowest BCUT2D eigenvalue weighted by Crippen LogP contribution is -2.55. The molecule has 30 heavy (non-hydrogen) atoms. The topological polar surface area (TPSA) is 28.2 Å². The first-order valence-corrected chi connectivity index (χ1v) is 12.7. The van der Waals surface area contributed by atoms with Crippen molar-refractivity contribution in [3.05, 3.63) is 0 Å². The van der Waals surface area contributed by atoms with E-state index in [2.05, 4.69) is 56.2 Å². The molecule has 5 heteroatoms. The highest BCUT2D eigenvalue weighted by atomic mass is 16.5. The average Bonchev–Trinajstić information content (AvgIpc) is 2.71. The second-order valence-corrected chi connectivity index (χ2v) is 11.2. The molecule has 0 aromatic carbocycles. The van der Waals surface area contributed by atoms with E-state index in [1.165, 1.54) is 45.2 Å². The number of hydrogen-bond donors (Lipinski definition) is 0. The zero-order chi connectivity index (χ0) is 21.7. The van der Waals surface area contributed by atoms with Gasteiger partial charge in [0.05, 0.1) is 24.9 Å². The van der Waals surface area contributed by atoms with Gasteiger partial charge in [0, 0.05) is 50.2 Å². The van der Waals surface area contributed by atoms with Crippen molar-refractivity contribution in [2.75, 3.05) is 45.9 Å². The molecular formula is C25H49N3O2. The molecule has 3 aliphatic heterocycles. The van der Waals surface area contributed by atoms with E-state index in [4.69, 9.17) is 9.47 Å². The highest BCUT2D eigenvalue weighted by molar-refractivity contribution is 4.87. The number of ether oxygens (including phenoxy) is 2. The molecule has 5 atom stereocenters. The predicted molar refractivity (Wildman–Crippen MR) is 125 cm³/mol. The molecule has 3 fully saturated rings. The fourth-order valence-electron chi connectivity index (χ4n) is 5.51. The lowest BCUT2D eigenvalue weighted by molar-refractivity contribution is -0.129. The van der Waals surface area contributed by atoms with E-state index < -0.39 is 0 Å². The number of morpholine rings is 2. The highest BCUT2D eigenvalue weighted by Crippen LogP contribution is 2.25. The van der Waals surface area contributed by atoms with Gasteiger partial charge in [0.1, 0.15) is 0 Å². The molecule has 0 radical (unpaired) electrons. The molecule has 3 aliphatic rings. The summed E-state index contributed by atoms with van der Waals surface area (Å²) in [6.45, 7) is 21.7. The molecule has 5 nitrogen and oxygen atoms in total. The van der Waals surface area contributed by atoms with Gasteiger partial charge in [-0.05, 0) is 80.3 Å². The second kappa shape index (κ2) is 11.1. The largest absolute Gasteiger partial charge is 0.375 e. The van der Waals surface area contributed by atoms with Crippen molar-refractivity contribution in [3.8, 4) is 0 Å². The fourth-order valence-corrected chi connectivity index (χ4v) is 5.51. The molecule has 3 saturated heterocycles. The zero-order valence-corrected chi connectivity index (χ0v) is 20.7.